The lowest BCUT2D eigenvalue weighted by Gasteiger charge is -2.24. The number of rotatable bonds is 5. The SMILES string of the molecule is CNC[C@@]1(c2cccs2)C[C@@]1(C)Oc1cccc2ccccc12. The molecule has 4 rings (SSSR count). The van der Waals surface area contributed by atoms with E-state index in [1.54, 1.807) is 0 Å². The van der Waals surface area contributed by atoms with E-state index in [2.05, 4.69) is 72.2 Å². The first-order chi connectivity index (χ1) is 11.2. The quantitative estimate of drug-likeness (QED) is 0.741. The highest BCUT2D eigenvalue weighted by atomic mass is 32.1. The monoisotopic (exact) mass is 323 g/mol. The molecule has 118 valence electrons. The van der Waals surface area contributed by atoms with Crippen molar-refractivity contribution in [2.45, 2.75) is 24.4 Å². The van der Waals surface area contributed by atoms with Gasteiger partial charge >= 0.3 is 0 Å². The van der Waals surface area contributed by atoms with Crippen LogP contribution in [-0.2, 0) is 5.41 Å². The van der Waals surface area contributed by atoms with Gasteiger partial charge < -0.3 is 10.1 Å². The Balaban J connectivity index is 1.71. The predicted molar refractivity (Wildman–Crippen MR) is 97.5 cm³/mol. The second kappa shape index (κ2) is 5.36. The molecule has 0 unspecified atom stereocenters. The van der Waals surface area contributed by atoms with E-state index in [-0.39, 0.29) is 11.0 Å². The molecule has 3 aromatic rings. The van der Waals surface area contributed by atoms with E-state index in [1.807, 2.05) is 18.4 Å². The van der Waals surface area contributed by atoms with Crippen molar-refractivity contribution in [3.05, 3.63) is 64.9 Å². The Morgan fingerprint density at radius 1 is 1.09 bits per heavy atom. The van der Waals surface area contributed by atoms with Crippen molar-refractivity contribution in [1.29, 1.82) is 0 Å². The van der Waals surface area contributed by atoms with Crippen LogP contribution >= 0.6 is 11.3 Å². The van der Waals surface area contributed by atoms with Crippen LogP contribution in [0.25, 0.3) is 10.8 Å². The van der Waals surface area contributed by atoms with Gasteiger partial charge in [-0.15, -0.1) is 11.3 Å². The minimum Gasteiger partial charge on any atom is -0.486 e. The van der Waals surface area contributed by atoms with E-state index in [9.17, 15) is 0 Å². The number of fused-ring (bicyclic) bond motifs is 1. The normalized spacial score (nSPS) is 26.3. The molecule has 0 saturated heterocycles. The first-order valence-corrected chi connectivity index (χ1v) is 8.92. The Bertz CT molecular complexity index is 823. The minimum absolute atomic E-state index is 0.0763. The Morgan fingerprint density at radius 3 is 2.70 bits per heavy atom. The summed E-state index contributed by atoms with van der Waals surface area (Å²) >= 11 is 1.83. The molecule has 0 aliphatic heterocycles. The third kappa shape index (κ3) is 2.27. The molecule has 3 heteroatoms. The van der Waals surface area contributed by atoms with E-state index in [1.165, 1.54) is 15.6 Å². The summed E-state index contributed by atoms with van der Waals surface area (Å²) in [5, 5.41) is 7.93. The van der Waals surface area contributed by atoms with Gasteiger partial charge in [0.2, 0.25) is 0 Å². The van der Waals surface area contributed by atoms with E-state index < -0.39 is 0 Å². The van der Waals surface area contributed by atoms with Crippen molar-refractivity contribution in [2.75, 3.05) is 13.6 Å². The van der Waals surface area contributed by atoms with Crippen LogP contribution in [0.4, 0.5) is 0 Å². The van der Waals surface area contributed by atoms with Gasteiger partial charge in [-0.05, 0) is 36.9 Å². The second-order valence-electron chi connectivity index (χ2n) is 6.58. The number of benzene rings is 2. The fourth-order valence-electron chi connectivity index (χ4n) is 3.73. The van der Waals surface area contributed by atoms with Gasteiger partial charge in [0.15, 0.2) is 0 Å². The van der Waals surface area contributed by atoms with Crippen LogP contribution in [0.1, 0.15) is 18.2 Å². The van der Waals surface area contributed by atoms with Crippen molar-refractivity contribution in [2.24, 2.45) is 0 Å². The lowest BCUT2D eigenvalue weighted by molar-refractivity contribution is 0.172. The molecule has 1 aliphatic rings. The zero-order valence-electron chi connectivity index (χ0n) is 13.5. The summed E-state index contributed by atoms with van der Waals surface area (Å²) in [5.41, 5.74) is -0.0855. The highest BCUT2D eigenvalue weighted by Crippen LogP contribution is 2.60. The molecule has 1 aliphatic carbocycles. The maximum absolute atomic E-state index is 6.59. The Kier molecular flexibility index (Phi) is 3.43. The predicted octanol–water partition coefficient (Wildman–Crippen LogP) is 4.60. The Morgan fingerprint density at radius 2 is 1.91 bits per heavy atom. The summed E-state index contributed by atoms with van der Waals surface area (Å²) in [5.74, 6) is 0.986. The number of hydrogen-bond donors (Lipinski definition) is 1. The summed E-state index contributed by atoms with van der Waals surface area (Å²) in [4.78, 5) is 1.41. The standard InChI is InChI=1S/C20H21NOS/c1-19(13-20(19,14-21-2)18-11-6-12-23-18)22-17-10-5-8-15-7-3-4-9-16(15)17/h3-12,21H,13-14H2,1-2H3/t19-,20-/m1/s1. The van der Waals surface area contributed by atoms with Crippen molar-refractivity contribution in [3.8, 4) is 5.75 Å². The van der Waals surface area contributed by atoms with E-state index in [0.717, 1.165) is 18.7 Å². The van der Waals surface area contributed by atoms with Crippen LogP contribution in [0, 0.1) is 0 Å². The summed E-state index contributed by atoms with van der Waals surface area (Å²) in [6.45, 7) is 3.18. The molecular weight excluding hydrogens is 302 g/mol. The number of thiophene rings is 1. The van der Waals surface area contributed by atoms with Crippen molar-refractivity contribution < 1.29 is 4.74 Å². The van der Waals surface area contributed by atoms with Crippen molar-refractivity contribution in [3.63, 3.8) is 0 Å². The lowest BCUT2D eigenvalue weighted by atomic mass is 10.00. The van der Waals surface area contributed by atoms with Crippen LogP contribution in [0.3, 0.4) is 0 Å². The Hall–Kier alpha value is -1.84. The third-order valence-electron chi connectivity index (χ3n) is 5.08. The summed E-state index contributed by atoms with van der Waals surface area (Å²) in [7, 11) is 2.02. The Labute approximate surface area is 141 Å². The third-order valence-corrected chi connectivity index (χ3v) is 6.16. The van der Waals surface area contributed by atoms with E-state index in [4.69, 9.17) is 4.74 Å². The maximum atomic E-state index is 6.59. The molecule has 0 spiro atoms. The van der Waals surface area contributed by atoms with Crippen molar-refractivity contribution >= 4 is 22.1 Å². The van der Waals surface area contributed by atoms with Gasteiger partial charge in [0.05, 0.1) is 5.41 Å². The number of hydrogen-bond acceptors (Lipinski definition) is 3. The molecule has 0 bridgehead atoms. The molecule has 2 aromatic carbocycles. The van der Waals surface area contributed by atoms with Crippen molar-refractivity contribution in [1.82, 2.24) is 5.32 Å². The lowest BCUT2D eigenvalue weighted by Crippen LogP contribution is -2.34. The second-order valence-corrected chi connectivity index (χ2v) is 7.52. The van der Waals surface area contributed by atoms with E-state index >= 15 is 0 Å². The summed E-state index contributed by atoms with van der Waals surface area (Å²) in [6.07, 6.45) is 1.05. The molecule has 1 aromatic heterocycles. The molecule has 2 nitrogen and oxygen atoms in total. The number of ether oxygens (including phenoxy) is 1. The maximum Gasteiger partial charge on any atom is 0.128 e. The molecule has 1 fully saturated rings. The highest BCUT2D eigenvalue weighted by Gasteiger charge is 2.68. The van der Waals surface area contributed by atoms with Gasteiger partial charge in [-0.3, -0.25) is 0 Å². The summed E-state index contributed by atoms with van der Waals surface area (Å²) in [6, 6.07) is 19.1. The number of likely N-dealkylation sites (N-methyl/N-ethyl adjacent to an activating group) is 1. The molecule has 1 N–H and O–H groups in total. The van der Waals surface area contributed by atoms with Crippen LogP contribution in [0.5, 0.6) is 5.75 Å². The summed E-state index contributed by atoms with van der Waals surface area (Å²) < 4.78 is 6.59. The molecule has 23 heavy (non-hydrogen) atoms. The van der Waals surface area contributed by atoms with Gasteiger partial charge in [-0.25, -0.2) is 0 Å². The van der Waals surface area contributed by atoms with Crippen LogP contribution in [-0.4, -0.2) is 19.2 Å². The van der Waals surface area contributed by atoms with Gasteiger partial charge in [0.1, 0.15) is 11.4 Å². The van der Waals surface area contributed by atoms with Crippen LogP contribution in [0.15, 0.2) is 60.0 Å². The molecule has 0 radical (unpaired) electrons. The zero-order valence-corrected chi connectivity index (χ0v) is 14.3. The highest BCUT2D eigenvalue weighted by molar-refractivity contribution is 7.10. The minimum atomic E-state index is -0.162. The molecular formula is C20H21NOS. The fourth-order valence-corrected chi connectivity index (χ4v) is 4.78. The smallest absolute Gasteiger partial charge is 0.128 e. The average molecular weight is 323 g/mol. The molecule has 1 saturated carbocycles. The van der Waals surface area contributed by atoms with Crippen LogP contribution in [0.2, 0.25) is 0 Å². The van der Waals surface area contributed by atoms with Gasteiger partial charge in [0.25, 0.3) is 0 Å². The van der Waals surface area contributed by atoms with E-state index in [0.29, 0.717) is 0 Å². The van der Waals surface area contributed by atoms with Gasteiger partial charge in [0, 0.05) is 23.2 Å². The number of nitrogens with one attached hydrogen (secondary N) is 1. The first kappa shape index (κ1) is 14.7. The molecule has 2 atom stereocenters. The average Bonchev–Trinajstić information content (AvgIpc) is 2.93. The largest absolute Gasteiger partial charge is 0.486 e. The zero-order chi connectivity index (χ0) is 15.9. The van der Waals surface area contributed by atoms with Gasteiger partial charge in [-0.2, -0.15) is 0 Å². The van der Waals surface area contributed by atoms with Crippen LogP contribution < -0.4 is 10.1 Å². The van der Waals surface area contributed by atoms with Gasteiger partial charge in [-0.1, -0.05) is 42.5 Å². The molecule has 0 amide bonds. The molecule has 1 heterocycles. The topological polar surface area (TPSA) is 21.3 Å². The fraction of sp³-hybridized carbons (Fsp3) is 0.300. The first-order valence-electron chi connectivity index (χ1n) is 8.04.